The van der Waals surface area contributed by atoms with E-state index in [2.05, 4.69) is 61.6 Å². The first-order chi connectivity index (χ1) is 9.94. The molecule has 0 fully saturated rings. The zero-order valence-corrected chi connectivity index (χ0v) is 14.8. The molecule has 1 rings (SSSR count). The van der Waals surface area contributed by atoms with E-state index in [0.717, 1.165) is 18.8 Å². The Bertz CT molecular complexity index is 397. The minimum Gasteiger partial charge on any atom is -0.314 e. The molecule has 0 spiro atoms. The maximum absolute atomic E-state index is 4.53. The smallest absolute Gasteiger partial charge is 0.138 e. The molecular weight excluding hydrogens is 260 g/mol. The Hall–Kier alpha value is -0.900. The van der Waals surface area contributed by atoms with E-state index < -0.39 is 0 Å². The van der Waals surface area contributed by atoms with E-state index in [-0.39, 0.29) is 0 Å². The van der Waals surface area contributed by atoms with Crippen LogP contribution in [-0.2, 0) is 6.42 Å². The first kappa shape index (κ1) is 18.1. The van der Waals surface area contributed by atoms with Gasteiger partial charge in [-0.1, -0.05) is 40.5 Å². The average Bonchev–Trinajstić information content (AvgIpc) is 2.90. The molecule has 21 heavy (non-hydrogen) atoms. The minimum absolute atomic E-state index is 0.292. The maximum Gasteiger partial charge on any atom is 0.138 e. The highest BCUT2D eigenvalue weighted by molar-refractivity contribution is 4.96. The van der Waals surface area contributed by atoms with Crippen molar-refractivity contribution in [1.82, 2.24) is 20.1 Å². The summed E-state index contributed by atoms with van der Waals surface area (Å²) >= 11 is 0. The van der Waals surface area contributed by atoms with Crippen LogP contribution >= 0.6 is 0 Å². The van der Waals surface area contributed by atoms with Gasteiger partial charge in [0, 0.05) is 25.0 Å². The fraction of sp³-hybridized carbons (Fsp3) is 0.882. The Morgan fingerprint density at radius 2 is 1.95 bits per heavy atom. The van der Waals surface area contributed by atoms with Crippen molar-refractivity contribution in [2.45, 2.75) is 85.7 Å². The molecule has 0 radical (unpaired) electrons. The molecule has 1 aromatic heterocycles. The van der Waals surface area contributed by atoms with Crippen molar-refractivity contribution in [3.8, 4) is 0 Å². The number of nitrogens with zero attached hydrogens (tertiary/aromatic N) is 3. The first-order valence-electron chi connectivity index (χ1n) is 8.56. The number of hydrogen-bond acceptors (Lipinski definition) is 3. The van der Waals surface area contributed by atoms with E-state index in [1.54, 1.807) is 6.33 Å². The highest BCUT2D eigenvalue weighted by atomic mass is 15.3. The summed E-state index contributed by atoms with van der Waals surface area (Å²) in [5.41, 5.74) is 0.292. The summed E-state index contributed by atoms with van der Waals surface area (Å²) < 4.78 is 2.08. The third-order valence-corrected chi connectivity index (χ3v) is 4.37. The van der Waals surface area contributed by atoms with Gasteiger partial charge >= 0.3 is 0 Å². The molecule has 0 saturated carbocycles. The van der Waals surface area contributed by atoms with Gasteiger partial charge in [0.2, 0.25) is 0 Å². The predicted molar refractivity (Wildman–Crippen MR) is 89.5 cm³/mol. The summed E-state index contributed by atoms with van der Waals surface area (Å²) in [6.45, 7) is 14.4. The molecule has 4 heteroatoms. The summed E-state index contributed by atoms with van der Waals surface area (Å²) in [5, 5.41) is 8.04. The Morgan fingerprint density at radius 1 is 1.24 bits per heavy atom. The summed E-state index contributed by atoms with van der Waals surface area (Å²) in [6.07, 6.45) is 7.68. The Balaban J connectivity index is 2.90. The van der Waals surface area contributed by atoms with Crippen LogP contribution in [0.4, 0.5) is 0 Å². The number of hydrogen-bond donors (Lipinski definition) is 1. The Labute approximate surface area is 130 Å². The lowest BCUT2D eigenvalue weighted by Crippen LogP contribution is -2.39. The largest absolute Gasteiger partial charge is 0.314 e. The van der Waals surface area contributed by atoms with Gasteiger partial charge in [-0.25, -0.2) is 9.67 Å². The van der Waals surface area contributed by atoms with Crippen LogP contribution in [0.3, 0.4) is 0 Å². The fourth-order valence-corrected chi connectivity index (χ4v) is 2.81. The second-order valence-electron chi connectivity index (χ2n) is 6.88. The van der Waals surface area contributed by atoms with Crippen LogP contribution in [0.1, 0.15) is 79.1 Å². The molecule has 0 aliphatic carbocycles. The molecule has 0 aliphatic rings. The summed E-state index contributed by atoms with van der Waals surface area (Å²) in [5.74, 6) is 1.13. The monoisotopic (exact) mass is 294 g/mol. The minimum atomic E-state index is 0.292. The summed E-state index contributed by atoms with van der Waals surface area (Å²) in [7, 11) is 0. The van der Waals surface area contributed by atoms with Crippen molar-refractivity contribution < 1.29 is 0 Å². The second-order valence-corrected chi connectivity index (χ2v) is 6.88. The van der Waals surface area contributed by atoms with Gasteiger partial charge < -0.3 is 5.32 Å². The summed E-state index contributed by atoms with van der Waals surface area (Å²) in [6, 6.07) is 0.904. The van der Waals surface area contributed by atoms with Gasteiger partial charge in [0.25, 0.3) is 0 Å². The van der Waals surface area contributed by atoms with Crippen molar-refractivity contribution in [1.29, 1.82) is 0 Å². The van der Waals surface area contributed by atoms with Gasteiger partial charge in [0.05, 0.1) is 0 Å². The standard InChI is InChI=1S/C17H34N4/c1-7-9-10-17(8-2,12-18-14(3)4)11-16-19-13-20-21(16)15(5)6/h13-15,18H,7-12H2,1-6H3. The maximum atomic E-state index is 4.53. The highest BCUT2D eigenvalue weighted by Crippen LogP contribution is 2.32. The lowest BCUT2D eigenvalue weighted by Gasteiger charge is -2.34. The zero-order valence-electron chi connectivity index (χ0n) is 14.8. The van der Waals surface area contributed by atoms with Crippen LogP contribution in [-0.4, -0.2) is 27.4 Å². The number of nitrogens with one attached hydrogen (secondary N) is 1. The topological polar surface area (TPSA) is 42.7 Å². The number of aromatic nitrogens is 3. The predicted octanol–water partition coefficient (Wildman–Crippen LogP) is 3.99. The molecule has 1 N–H and O–H groups in total. The number of rotatable bonds is 10. The van der Waals surface area contributed by atoms with Gasteiger partial charge in [-0.2, -0.15) is 5.10 Å². The normalized spacial score (nSPS) is 14.9. The molecule has 0 saturated heterocycles. The molecular formula is C17H34N4. The van der Waals surface area contributed by atoms with Gasteiger partial charge in [-0.3, -0.25) is 0 Å². The average molecular weight is 294 g/mol. The van der Waals surface area contributed by atoms with Crippen molar-refractivity contribution >= 4 is 0 Å². The van der Waals surface area contributed by atoms with Crippen molar-refractivity contribution in [3.05, 3.63) is 12.2 Å². The van der Waals surface area contributed by atoms with E-state index >= 15 is 0 Å². The molecule has 0 aliphatic heterocycles. The fourth-order valence-electron chi connectivity index (χ4n) is 2.81. The van der Waals surface area contributed by atoms with Crippen molar-refractivity contribution in [2.75, 3.05) is 6.54 Å². The first-order valence-corrected chi connectivity index (χ1v) is 8.56. The lowest BCUT2D eigenvalue weighted by atomic mass is 9.76. The van der Waals surface area contributed by atoms with E-state index in [4.69, 9.17) is 0 Å². The molecule has 1 unspecified atom stereocenters. The molecule has 122 valence electrons. The quantitative estimate of drug-likeness (QED) is 0.709. The third kappa shape index (κ3) is 5.42. The van der Waals surface area contributed by atoms with Gasteiger partial charge in [0.1, 0.15) is 12.2 Å². The molecule has 0 bridgehead atoms. The third-order valence-electron chi connectivity index (χ3n) is 4.37. The van der Waals surface area contributed by atoms with Crippen molar-refractivity contribution in [3.63, 3.8) is 0 Å². The van der Waals surface area contributed by atoms with Crippen LogP contribution in [0.15, 0.2) is 6.33 Å². The Morgan fingerprint density at radius 3 is 2.48 bits per heavy atom. The number of unbranched alkanes of at least 4 members (excludes halogenated alkanes) is 1. The van der Waals surface area contributed by atoms with Gasteiger partial charge in [-0.05, 0) is 32.1 Å². The molecule has 0 amide bonds. The van der Waals surface area contributed by atoms with Crippen LogP contribution in [0, 0.1) is 5.41 Å². The van der Waals surface area contributed by atoms with Crippen LogP contribution in [0.25, 0.3) is 0 Å². The second kappa shape index (κ2) is 8.52. The molecule has 1 aromatic rings. The van der Waals surface area contributed by atoms with Gasteiger partial charge in [0.15, 0.2) is 0 Å². The summed E-state index contributed by atoms with van der Waals surface area (Å²) in [4.78, 5) is 4.53. The van der Waals surface area contributed by atoms with Crippen LogP contribution in [0.5, 0.6) is 0 Å². The molecule has 1 atom stereocenters. The van der Waals surface area contributed by atoms with Crippen molar-refractivity contribution in [2.24, 2.45) is 5.41 Å². The Kier molecular flexibility index (Phi) is 7.36. The van der Waals surface area contributed by atoms with Crippen LogP contribution in [0.2, 0.25) is 0 Å². The SMILES string of the molecule is CCCCC(CC)(CNC(C)C)Cc1ncnn1C(C)C. The molecule has 4 nitrogen and oxygen atoms in total. The van der Waals surface area contributed by atoms with E-state index in [0.29, 0.717) is 17.5 Å². The van der Waals surface area contributed by atoms with Gasteiger partial charge in [-0.15, -0.1) is 0 Å². The zero-order chi connectivity index (χ0) is 15.9. The molecule has 0 aromatic carbocycles. The van der Waals surface area contributed by atoms with Crippen LogP contribution < -0.4 is 5.32 Å². The van der Waals surface area contributed by atoms with E-state index in [9.17, 15) is 0 Å². The lowest BCUT2D eigenvalue weighted by molar-refractivity contribution is 0.214. The van der Waals surface area contributed by atoms with E-state index in [1.165, 1.54) is 25.7 Å². The van der Waals surface area contributed by atoms with E-state index in [1.807, 2.05) is 0 Å². The highest BCUT2D eigenvalue weighted by Gasteiger charge is 2.30. The molecule has 1 heterocycles.